The summed E-state index contributed by atoms with van der Waals surface area (Å²) in [6.07, 6.45) is 0. The average molecular weight is 397 g/mol. The molecule has 0 aliphatic rings. The molecule has 0 aliphatic heterocycles. The lowest BCUT2D eigenvalue weighted by molar-refractivity contribution is 0.0734. The lowest BCUT2D eigenvalue weighted by Crippen LogP contribution is -2.30. The number of carbonyl (C=O) groups is 1. The molecule has 0 spiro atoms. The summed E-state index contributed by atoms with van der Waals surface area (Å²) in [5, 5.41) is 4.01. The maximum absolute atomic E-state index is 12.9. The molecule has 0 N–H and O–H groups in total. The number of rotatable bonds is 8. The molecule has 0 bridgehead atoms. The first-order valence-corrected chi connectivity index (χ1v) is 9.07. The summed E-state index contributed by atoms with van der Waals surface area (Å²) in [6.45, 7) is 2.57. The van der Waals surface area contributed by atoms with E-state index in [4.69, 9.17) is 18.7 Å². The summed E-state index contributed by atoms with van der Waals surface area (Å²) in [4.78, 5) is 18.9. The number of hydrogen-bond donors (Lipinski definition) is 0. The molecule has 3 rings (SSSR count). The average Bonchev–Trinajstić information content (AvgIpc) is 3.25. The number of amides is 1. The standard InChI is InChI=1S/C21H23N3O5/c1-5-24(21(25)15-8-11-17(27-3)18(12-15)28-4)13-19-22-20(23-29-19)14-6-9-16(26-2)10-7-14/h6-12H,5,13H2,1-4H3. The molecule has 2 aromatic carbocycles. The van der Waals surface area contributed by atoms with Gasteiger partial charge < -0.3 is 23.6 Å². The fraction of sp³-hybridized carbons (Fsp3) is 0.286. The second-order valence-electron chi connectivity index (χ2n) is 6.13. The van der Waals surface area contributed by atoms with Gasteiger partial charge in [0.05, 0.1) is 21.3 Å². The van der Waals surface area contributed by atoms with Crippen molar-refractivity contribution in [1.29, 1.82) is 0 Å². The SMILES string of the molecule is CCN(Cc1nc(-c2ccc(OC)cc2)no1)C(=O)c1ccc(OC)c(OC)c1. The minimum atomic E-state index is -0.169. The van der Waals surface area contributed by atoms with Crippen LogP contribution in [0.25, 0.3) is 11.4 Å². The summed E-state index contributed by atoms with van der Waals surface area (Å²) < 4.78 is 21.0. The maximum atomic E-state index is 12.9. The van der Waals surface area contributed by atoms with E-state index < -0.39 is 0 Å². The van der Waals surface area contributed by atoms with Crippen molar-refractivity contribution in [2.45, 2.75) is 13.5 Å². The van der Waals surface area contributed by atoms with Crippen LogP contribution in [-0.4, -0.2) is 48.8 Å². The van der Waals surface area contributed by atoms with Crippen LogP contribution >= 0.6 is 0 Å². The third-order valence-corrected chi connectivity index (χ3v) is 4.44. The molecule has 0 saturated carbocycles. The van der Waals surface area contributed by atoms with E-state index in [0.29, 0.717) is 35.3 Å². The number of aromatic nitrogens is 2. The van der Waals surface area contributed by atoms with Gasteiger partial charge in [0.15, 0.2) is 11.5 Å². The van der Waals surface area contributed by atoms with Crippen LogP contribution in [0, 0.1) is 0 Å². The second-order valence-corrected chi connectivity index (χ2v) is 6.13. The number of methoxy groups -OCH3 is 3. The van der Waals surface area contributed by atoms with E-state index in [1.807, 2.05) is 31.2 Å². The zero-order valence-electron chi connectivity index (χ0n) is 16.8. The van der Waals surface area contributed by atoms with Crippen LogP contribution in [0.15, 0.2) is 47.0 Å². The Morgan fingerprint density at radius 1 is 1.00 bits per heavy atom. The quantitative estimate of drug-likeness (QED) is 0.575. The maximum Gasteiger partial charge on any atom is 0.254 e. The molecular weight excluding hydrogens is 374 g/mol. The highest BCUT2D eigenvalue weighted by atomic mass is 16.5. The number of nitrogens with zero attached hydrogens (tertiary/aromatic N) is 3. The van der Waals surface area contributed by atoms with Gasteiger partial charge in [-0.1, -0.05) is 5.16 Å². The summed E-state index contributed by atoms with van der Waals surface area (Å²) in [5.41, 5.74) is 1.29. The van der Waals surface area contributed by atoms with Gasteiger partial charge in [-0.2, -0.15) is 4.98 Å². The smallest absolute Gasteiger partial charge is 0.254 e. The molecule has 0 saturated heterocycles. The van der Waals surface area contributed by atoms with Gasteiger partial charge in [-0.05, 0) is 49.4 Å². The second kappa shape index (κ2) is 9.09. The lowest BCUT2D eigenvalue weighted by atomic mass is 10.1. The molecule has 1 amide bonds. The highest BCUT2D eigenvalue weighted by molar-refractivity contribution is 5.94. The number of carbonyl (C=O) groups excluding carboxylic acids is 1. The Morgan fingerprint density at radius 3 is 2.34 bits per heavy atom. The third kappa shape index (κ3) is 4.48. The topological polar surface area (TPSA) is 86.9 Å². The monoisotopic (exact) mass is 397 g/mol. The van der Waals surface area contributed by atoms with E-state index in [9.17, 15) is 4.79 Å². The van der Waals surface area contributed by atoms with Crippen LogP contribution in [0.1, 0.15) is 23.2 Å². The van der Waals surface area contributed by atoms with Crippen molar-refractivity contribution in [3.8, 4) is 28.6 Å². The van der Waals surface area contributed by atoms with E-state index in [-0.39, 0.29) is 12.5 Å². The number of benzene rings is 2. The summed E-state index contributed by atoms with van der Waals surface area (Å²) in [6, 6.07) is 12.4. The molecule has 0 aliphatic carbocycles. The molecule has 1 heterocycles. The normalized spacial score (nSPS) is 10.5. The van der Waals surface area contributed by atoms with Crippen molar-refractivity contribution in [3.63, 3.8) is 0 Å². The molecule has 29 heavy (non-hydrogen) atoms. The van der Waals surface area contributed by atoms with Gasteiger partial charge in [0.1, 0.15) is 12.3 Å². The van der Waals surface area contributed by atoms with Gasteiger partial charge in [0, 0.05) is 17.7 Å². The number of ether oxygens (including phenoxy) is 3. The zero-order chi connectivity index (χ0) is 20.8. The Bertz CT molecular complexity index is 969. The summed E-state index contributed by atoms with van der Waals surface area (Å²) in [7, 11) is 4.69. The first-order valence-electron chi connectivity index (χ1n) is 9.07. The van der Waals surface area contributed by atoms with Crippen molar-refractivity contribution in [3.05, 3.63) is 53.9 Å². The Kier molecular flexibility index (Phi) is 6.33. The Labute approximate surface area is 169 Å². The Balaban J connectivity index is 1.76. The zero-order valence-corrected chi connectivity index (χ0v) is 16.8. The van der Waals surface area contributed by atoms with Crippen molar-refractivity contribution in [2.75, 3.05) is 27.9 Å². The predicted molar refractivity (Wildman–Crippen MR) is 106 cm³/mol. The third-order valence-electron chi connectivity index (χ3n) is 4.44. The van der Waals surface area contributed by atoms with Gasteiger partial charge in [0.25, 0.3) is 5.91 Å². The van der Waals surface area contributed by atoms with Crippen LogP contribution in [0.2, 0.25) is 0 Å². The Hall–Kier alpha value is -3.55. The van der Waals surface area contributed by atoms with Crippen molar-refractivity contribution >= 4 is 5.91 Å². The van der Waals surface area contributed by atoms with Gasteiger partial charge in [-0.3, -0.25) is 4.79 Å². The number of hydrogen-bond acceptors (Lipinski definition) is 7. The minimum absolute atomic E-state index is 0.169. The lowest BCUT2D eigenvalue weighted by Gasteiger charge is -2.19. The van der Waals surface area contributed by atoms with Gasteiger partial charge in [-0.25, -0.2) is 0 Å². The van der Waals surface area contributed by atoms with Crippen molar-refractivity contribution < 1.29 is 23.5 Å². The molecule has 0 radical (unpaired) electrons. The molecule has 0 unspecified atom stereocenters. The van der Waals surface area contributed by atoms with Crippen molar-refractivity contribution in [1.82, 2.24) is 15.0 Å². The van der Waals surface area contributed by atoms with Gasteiger partial charge in [-0.15, -0.1) is 0 Å². The molecule has 1 aromatic heterocycles. The van der Waals surface area contributed by atoms with Crippen LogP contribution in [0.4, 0.5) is 0 Å². The van der Waals surface area contributed by atoms with Gasteiger partial charge in [0.2, 0.25) is 11.7 Å². The van der Waals surface area contributed by atoms with E-state index in [2.05, 4.69) is 10.1 Å². The fourth-order valence-electron chi connectivity index (χ4n) is 2.82. The highest BCUT2D eigenvalue weighted by Crippen LogP contribution is 2.28. The van der Waals surface area contributed by atoms with Crippen LogP contribution in [-0.2, 0) is 6.54 Å². The largest absolute Gasteiger partial charge is 0.497 e. The molecule has 0 fully saturated rings. The highest BCUT2D eigenvalue weighted by Gasteiger charge is 2.20. The first-order chi connectivity index (χ1) is 14.1. The molecule has 0 atom stereocenters. The fourth-order valence-corrected chi connectivity index (χ4v) is 2.82. The van der Waals surface area contributed by atoms with E-state index in [0.717, 1.165) is 11.3 Å². The summed E-state index contributed by atoms with van der Waals surface area (Å²) >= 11 is 0. The Morgan fingerprint density at radius 2 is 1.72 bits per heavy atom. The predicted octanol–water partition coefficient (Wildman–Crippen LogP) is 3.42. The van der Waals surface area contributed by atoms with E-state index in [1.54, 1.807) is 37.3 Å². The molecule has 8 heteroatoms. The molecule has 152 valence electrons. The minimum Gasteiger partial charge on any atom is -0.497 e. The molecule has 8 nitrogen and oxygen atoms in total. The first kappa shape index (κ1) is 20.2. The van der Waals surface area contributed by atoms with Crippen LogP contribution in [0.5, 0.6) is 17.2 Å². The van der Waals surface area contributed by atoms with Crippen LogP contribution in [0.3, 0.4) is 0 Å². The van der Waals surface area contributed by atoms with E-state index >= 15 is 0 Å². The van der Waals surface area contributed by atoms with Crippen molar-refractivity contribution in [2.24, 2.45) is 0 Å². The van der Waals surface area contributed by atoms with Crippen LogP contribution < -0.4 is 14.2 Å². The summed E-state index contributed by atoms with van der Waals surface area (Å²) in [5.74, 6) is 2.44. The molecule has 3 aromatic rings. The van der Waals surface area contributed by atoms with Gasteiger partial charge >= 0.3 is 0 Å². The van der Waals surface area contributed by atoms with E-state index in [1.165, 1.54) is 7.11 Å². The molecular formula is C21H23N3O5.